The van der Waals surface area contributed by atoms with Crippen LogP contribution in [0.1, 0.15) is 46.7 Å². The summed E-state index contributed by atoms with van der Waals surface area (Å²) >= 11 is 0. The van der Waals surface area contributed by atoms with E-state index in [1.54, 1.807) is 0 Å². The van der Waals surface area contributed by atoms with Crippen LogP contribution in [0.15, 0.2) is 210 Å². The predicted molar refractivity (Wildman–Crippen MR) is 245 cm³/mol. The van der Waals surface area contributed by atoms with Crippen LogP contribution in [0.2, 0.25) is 0 Å². The fraction of sp³-hybridized carbons (Fsp3) is 0.0714. The van der Waals surface area contributed by atoms with Crippen LogP contribution in [0.25, 0.3) is 60.9 Å². The maximum absolute atomic E-state index is 5.63. The van der Waals surface area contributed by atoms with Gasteiger partial charge in [-0.3, -0.25) is 4.57 Å². The van der Waals surface area contributed by atoms with E-state index in [9.17, 15) is 0 Å². The average Bonchev–Trinajstić information content (AvgIpc) is 3.84. The molecule has 2 heterocycles. The molecule has 1 aromatic heterocycles. The van der Waals surface area contributed by atoms with Gasteiger partial charge in [-0.1, -0.05) is 183 Å². The molecule has 0 radical (unpaired) electrons. The molecule has 8 aromatic carbocycles. The van der Waals surface area contributed by atoms with Gasteiger partial charge in [0.25, 0.3) is 0 Å². The number of aliphatic imine (C=N–C) groups is 2. The van der Waals surface area contributed by atoms with Crippen molar-refractivity contribution >= 4 is 39.2 Å². The van der Waals surface area contributed by atoms with Crippen molar-refractivity contribution in [1.82, 2.24) is 4.57 Å². The quantitative estimate of drug-likeness (QED) is 0.171. The molecule has 3 aliphatic rings. The summed E-state index contributed by atoms with van der Waals surface area (Å²) in [6.45, 7) is 2.26. The molecule has 59 heavy (non-hydrogen) atoms. The van der Waals surface area contributed by atoms with Crippen LogP contribution in [0.4, 0.5) is 0 Å². The zero-order valence-electron chi connectivity index (χ0n) is 32.7. The Labute approximate surface area is 344 Å². The first-order valence-electron chi connectivity index (χ1n) is 20.7. The predicted octanol–water partition coefficient (Wildman–Crippen LogP) is 13.6. The van der Waals surface area contributed by atoms with Crippen LogP contribution in [0.3, 0.4) is 0 Å². The van der Waals surface area contributed by atoms with E-state index in [-0.39, 0.29) is 5.92 Å². The maximum atomic E-state index is 5.63. The number of nitrogens with zero attached hydrogens (tertiary/aromatic N) is 3. The van der Waals surface area contributed by atoms with Gasteiger partial charge in [0.1, 0.15) is 5.84 Å². The van der Waals surface area contributed by atoms with Gasteiger partial charge in [-0.15, -0.1) is 0 Å². The molecular formula is C56H39N3. The fourth-order valence-corrected chi connectivity index (χ4v) is 10.3. The maximum Gasteiger partial charge on any atom is 0.161 e. The lowest BCUT2D eigenvalue weighted by Crippen LogP contribution is -2.25. The molecule has 3 nitrogen and oxygen atoms in total. The molecule has 1 unspecified atom stereocenters. The molecule has 9 aromatic rings. The lowest BCUT2D eigenvalue weighted by Gasteiger charge is -2.30. The van der Waals surface area contributed by atoms with E-state index in [0.717, 1.165) is 40.1 Å². The molecule has 12 rings (SSSR count). The number of benzene rings is 8. The monoisotopic (exact) mass is 753 g/mol. The minimum atomic E-state index is -0.414. The minimum absolute atomic E-state index is 0.0109. The first-order chi connectivity index (χ1) is 29.2. The van der Waals surface area contributed by atoms with Gasteiger partial charge in [0.15, 0.2) is 5.84 Å². The highest BCUT2D eigenvalue weighted by molar-refractivity contribution is 6.20. The summed E-state index contributed by atoms with van der Waals surface area (Å²) < 4.78 is 2.44. The smallest absolute Gasteiger partial charge is 0.161 e. The van der Waals surface area contributed by atoms with Crippen molar-refractivity contribution in [3.8, 4) is 33.4 Å². The van der Waals surface area contributed by atoms with Gasteiger partial charge in [0, 0.05) is 22.3 Å². The third-order valence-electron chi connectivity index (χ3n) is 12.9. The summed E-state index contributed by atoms with van der Waals surface area (Å²) in [5.41, 5.74) is 17.9. The fourth-order valence-electron chi connectivity index (χ4n) is 10.3. The van der Waals surface area contributed by atoms with Crippen molar-refractivity contribution in [2.24, 2.45) is 15.9 Å². The Morgan fingerprint density at radius 3 is 1.61 bits per heavy atom. The summed E-state index contributed by atoms with van der Waals surface area (Å²) in [6.07, 6.45) is 3.21. The second-order valence-corrected chi connectivity index (χ2v) is 15.9. The molecular weight excluding hydrogens is 715 g/mol. The minimum Gasteiger partial charge on any atom is -0.297 e. The summed E-state index contributed by atoms with van der Waals surface area (Å²) in [5.74, 6) is 1.68. The molecule has 0 fully saturated rings. The Kier molecular flexibility index (Phi) is 7.49. The number of para-hydroxylation sites is 1. The number of rotatable bonds is 4. The number of fused-ring (bicyclic) bond motifs is 13. The van der Waals surface area contributed by atoms with Gasteiger partial charge in [-0.2, -0.15) is 0 Å². The van der Waals surface area contributed by atoms with Gasteiger partial charge in [-0.05, 0) is 91.9 Å². The highest BCUT2D eigenvalue weighted by atomic mass is 15.1. The molecule has 0 saturated carbocycles. The van der Waals surface area contributed by atoms with E-state index in [0.29, 0.717) is 5.84 Å². The first-order valence-corrected chi connectivity index (χ1v) is 20.7. The largest absolute Gasteiger partial charge is 0.297 e. The molecule has 278 valence electrons. The molecule has 0 amide bonds. The van der Waals surface area contributed by atoms with Crippen molar-refractivity contribution in [3.05, 3.63) is 234 Å². The van der Waals surface area contributed by atoms with Crippen molar-refractivity contribution in [3.63, 3.8) is 0 Å². The normalized spacial score (nSPS) is 15.9. The van der Waals surface area contributed by atoms with E-state index in [4.69, 9.17) is 9.98 Å². The van der Waals surface area contributed by atoms with Crippen LogP contribution in [-0.2, 0) is 5.41 Å². The van der Waals surface area contributed by atoms with Crippen LogP contribution in [0.5, 0.6) is 0 Å². The molecule has 1 spiro atoms. The molecule has 3 heteroatoms. The van der Waals surface area contributed by atoms with Crippen LogP contribution < -0.4 is 0 Å². The third-order valence-corrected chi connectivity index (χ3v) is 12.9. The van der Waals surface area contributed by atoms with E-state index < -0.39 is 5.41 Å². The SMILES string of the molecule is CCC1C=C(c2ccc(-c3ccccc3)cc2)N=C(c2ccccc2)N=C1n1c2ccccc2c2cc3c(cc21)-c1ccccc1C31c2ccccc2-c2ccccc21. The summed E-state index contributed by atoms with van der Waals surface area (Å²) in [6, 6.07) is 70.8. The van der Waals surface area contributed by atoms with Crippen molar-refractivity contribution in [2.75, 3.05) is 0 Å². The van der Waals surface area contributed by atoms with E-state index >= 15 is 0 Å². The summed E-state index contributed by atoms with van der Waals surface area (Å²) in [4.78, 5) is 11.0. The number of amidine groups is 1. The van der Waals surface area contributed by atoms with Gasteiger partial charge < -0.3 is 0 Å². The van der Waals surface area contributed by atoms with Gasteiger partial charge >= 0.3 is 0 Å². The summed E-state index contributed by atoms with van der Waals surface area (Å²) in [7, 11) is 0. The van der Waals surface area contributed by atoms with Gasteiger partial charge in [-0.25, -0.2) is 9.98 Å². The first kappa shape index (κ1) is 33.7. The van der Waals surface area contributed by atoms with Crippen LogP contribution in [-0.4, -0.2) is 16.2 Å². The number of allylic oxidation sites excluding steroid dienone is 1. The Bertz CT molecular complexity index is 3190. The van der Waals surface area contributed by atoms with Crippen LogP contribution >= 0.6 is 0 Å². The lowest BCUT2D eigenvalue weighted by atomic mass is 9.70. The Morgan fingerprint density at radius 1 is 0.441 bits per heavy atom. The Hall–Kier alpha value is -7.36. The second-order valence-electron chi connectivity index (χ2n) is 15.9. The molecule has 1 atom stereocenters. The number of hydrogen-bond acceptors (Lipinski definition) is 2. The number of hydrogen-bond donors (Lipinski definition) is 0. The van der Waals surface area contributed by atoms with Crippen molar-refractivity contribution < 1.29 is 0 Å². The highest BCUT2D eigenvalue weighted by Gasteiger charge is 2.51. The second kappa shape index (κ2) is 13.1. The zero-order valence-corrected chi connectivity index (χ0v) is 32.7. The Morgan fingerprint density at radius 2 is 0.966 bits per heavy atom. The standard InChI is InChI=1S/C56H39N3/c1-2-36-33-51(39-31-29-38(30-32-39)37-17-5-3-6-18-37)57-54(40-19-7-4-8-20-40)58-55(36)59-52-28-16-12-24-44(52)46-34-50-45(35-53(46)59)43-23-11-15-27-49(43)56(50)47-25-13-9-21-41(47)42-22-10-14-26-48(42)56/h3-36H,2H2,1H3. The zero-order chi connectivity index (χ0) is 39.1. The topological polar surface area (TPSA) is 29.6 Å². The van der Waals surface area contributed by atoms with Crippen molar-refractivity contribution in [1.29, 1.82) is 0 Å². The van der Waals surface area contributed by atoms with E-state index in [1.807, 2.05) is 0 Å². The molecule has 0 saturated heterocycles. The van der Waals surface area contributed by atoms with Gasteiger partial charge in [0.2, 0.25) is 0 Å². The molecule has 0 N–H and O–H groups in total. The molecule has 2 aliphatic carbocycles. The third kappa shape index (κ3) is 4.88. The molecule has 1 aliphatic heterocycles. The Balaban J connectivity index is 1.11. The van der Waals surface area contributed by atoms with Crippen LogP contribution in [0, 0.1) is 5.92 Å². The lowest BCUT2D eigenvalue weighted by molar-refractivity contribution is 0.793. The van der Waals surface area contributed by atoms with Gasteiger partial charge in [0.05, 0.1) is 22.1 Å². The summed E-state index contributed by atoms with van der Waals surface area (Å²) in [5, 5.41) is 2.45. The van der Waals surface area contributed by atoms with E-state index in [2.05, 4.69) is 212 Å². The van der Waals surface area contributed by atoms with Crippen molar-refractivity contribution in [2.45, 2.75) is 18.8 Å². The number of aromatic nitrogens is 1. The van der Waals surface area contributed by atoms with E-state index in [1.165, 1.54) is 66.4 Å². The average molecular weight is 754 g/mol. The highest BCUT2D eigenvalue weighted by Crippen LogP contribution is 2.63. The molecule has 0 bridgehead atoms.